The first kappa shape index (κ1) is 11.3. The van der Waals surface area contributed by atoms with Gasteiger partial charge in [0.2, 0.25) is 0 Å². The molecular formula is C12H19N3O. The van der Waals surface area contributed by atoms with Crippen LogP contribution in [0.1, 0.15) is 37.0 Å². The van der Waals surface area contributed by atoms with Crippen LogP contribution in [-0.2, 0) is 7.05 Å². The van der Waals surface area contributed by atoms with Crippen LogP contribution in [0.5, 0.6) is 0 Å². The molecule has 1 aliphatic rings. The summed E-state index contributed by atoms with van der Waals surface area (Å²) in [5, 5.41) is 4.06. The molecule has 0 N–H and O–H groups in total. The second-order valence-electron chi connectivity index (χ2n) is 4.98. The Balaban J connectivity index is 2.19. The van der Waals surface area contributed by atoms with Crippen molar-refractivity contribution < 1.29 is 4.79 Å². The number of ketones is 1. The van der Waals surface area contributed by atoms with Gasteiger partial charge in [-0.25, -0.2) is 0 Å². The third kappa shape index (κ3) is 1.89. The minimum Gasteiger partial charge on any atom is -0.292 e. The van der Waals surface area contributed by atoms with E-state index >= 15 is 0 Å². The van der Waals surface area contributed by atoms with Gasteiger partial charge in [0.1, 0.15) is 0 Å². The lowest BCUT2D eigenvalue weighted by molar-refractivity contribution is 0.0702. The summed E-state index contributed by atoms with van der Waals surface area (Å²) in [4.78, 5) is 14.6. The van der Waals surface area contributed by atoms with Crippen LogP contribution in [-0.4, -0.2) is 39.1 Å². The van der Waals surface area contributed by atoms with Crippen molar-refractivity contribution >= 4 is 5.78 Å². The summed E-state index contributed by atoms with van der Waals surface area (Å²) in [5.41, 5.74) is 0.305. The van der Waals surface area contributed by atoms with E-state index in [1.54, 1.807) is 17.1 Å². The molecule has 1 fully saturated rings. The van der Waals surface area contributed by atoms with Gasteiger partial charge in [-0.05, 0) is 39.8 Å². The van der Waals surface area contributed by atoms with Crippen molar-refractivity contribution in [1.82, 2.24) is 14.7 Å². The number of carbonyl (C=O) groups is 1. The fraction of sp³-hybridized carbons (Fsp3) is 0.667. The summed E-state index contributed by atoms with van der Waals surface area (Å²) < 4.78 is 1.67. The summed E-state index contributed by atoms with van der Waals surface area (Å²) in [6, 6.07) is 0. The SMILES string of the molecule is Cn1cc(C(=O)C(C)(C)N2CCCC2)cn1. The van der Waals surface area contributed by atoms with Crippen molar-refractivity contribution in [2.75, 3.05) is 13.1 Å². The van der Waals surface area contributed by atoms with E-state index in [1.807, 2.05) is 20.9 Å². The van der Waals surface area contributed by atoms with Crippen molar-refractivity contribution in [3.63, 3.8) is 0 Å². The van der Waals surface area contributed by atoms with Gasteiger partial charge >= 0.3 is 0 Å². The fourth-order valence-corrected chi connectivity index (χ4v) is 2.31. The number of hydrogen-bond acceptors (Lipinski definition) is 3. The highest BCUT2D eigenvalue weighted by atomic mass is 16.1. The van der Waals surface area contributed by atoms with Gasteiger partial charge < -0.3 is 0 Å². The maximum absolute atomic E-state index is 12.4. The van der Waals surface area contributed by atoms with Crippen LogP contribution in [0.15, 0.2) is 12.4 Å². The van der Waals surface area contributed by atoms with Gasteiger partial charge in [-0.2, -0.15) is 5.10 Å². The Morgan fingerprint density at radius 1 is 1.38 bits per heavy atom. The molecule has 0 unspecified atom stereocenters. The second-order valence-corrected chi connectivity index (χ2v) is 4.98. The molecule has 0 spiro atoms. The molecule has 1 aromatic rings. The maximum Gasteiger partial charge on any atom is 0.185 e. The Morgan fingerprint density at radius 2 is 2.00 bits per heavy atom. The van der Waals surface area contributed by atoms with E-state index in [0.717, 1.165) is 13.1 Å². The highest BCUT2D eigenvalue weighted by molar-refractivity contribution is 6.02. The zero-order valence-electron chi connectivity index (χ0n) is 10.2. The number of Topliss-reactive ketones (excluding diaryl/α,β-unsaturated/α-hetero) is 1. The first-order valence-corrected chi connectivity index (χ1v) is 5.80. The smallest absolute Gasteiger partial charge is 0.185 e. The molecule has 88 valence electrons. The van der Waals surface area contributed by atoms with Crippen molar-refractivity contribution in [3.8, 4) is 0 Å². The van der Waals surface area contributed by atoms with E-state index in [1.165, 1.54) is 12.8 Å². The number of likely N-dealkylation sites (tertiary alicyclic amines) is 1. The number of carbonyl (C=O) groups excluding carboxylic acids is 1. The maximum atomic E-state index is 12.4. The molecule has 4 heteroatoms. The summed E-state index contributed by atoms with van der Waals surface area (Å²) in [6.45, 7) is 6.07. The highest BCUT2D eigenvalue weighted by Crippen LogP contribution is 2.24. The minimum atomic E-state index is -0.403. The van der Waals surface area contributed by atoms with E-state index in [4.69, 9.17) is 0 Å². The molecule has 1 aliphatic heterocycles. The molecule has 16 heavy (non-hydrogen) atoms. The molecule has 2 rings (SSSR count). The molecule has 0 atom stereocenters. The molecule has 0 radical (unpaired) electrons. The zero-order chi connectivity index (χ0) is 11.8. The second kappa shape index (κ2) is 4.01. The summed E-state index contributed by atoms with van der Waals surface area (Å²) in [7, 11) is 1.83. The number of hydrogen-bond donors (Lipinski definition) is 0. The number of rotatable bonds is 3. The third-order valence-electron chi connectivity index (χ3n) is 3.42. The monoisotopic (exact) mass is 221 g/mol. The molecular weight excluding hydrogens is 202 g/mol. The van der Waals surface area contributed by atoms with Crippen LogP contribution in [0.2, 0.25) is 0 Å². The topological polar surface area (TPSA) is 38.1 Å². The Labute approximate surface area is 96.2 Å². The van der Waals surface area contributed by atoms with Crippen molar-refractivity contribution in [2.24, 2.45) is 7.05 Å². The molecule has 0 aromatic carbocycles. The molecule has 0 bridgehead atoms. The number of nitrogens with zero attached hydrogens (tertiary/aromatic N) is 3. The van der Waals surface area contributed by atoms with Crippen LogP contribution in [0.25, 0.3) is 0 Å². The molecule has 0 aliphatic carbocycles. The third-order valence-corrected chi connectivity index (χ3v) is 3.42. The predicted molar refractivity (Wildman–Crippen MR) is 62.4 cm³/mol. The van der Waals surface area contributed by atoms with Gasteiger partial charge in [-0.15, -0.1) is 0 Å². The average molecular weight is 221 g/mol. The van der Waals surface area contributed by atoms with Crippen molar-refractivity contribution in [3.05, 3.63) is 18.0 Å². The summed E-state index contributed by atoms with van der Waals surface area (Å²) >= 11 is 0. The highest BCUT2D eigenvalue weighted by Gasteiger charge is 2.36. The van der Waals surface area contributed by atoms with Crippen LogP contribution < -0.4 is 0 Å². The van der Waals surface area contributed by atoms with Gasteiger partial charge in [-0.3, -0.25) is 14.4 Å². The molecule has 4 nitrogen and oxygen atoms in total. The van der Waals surface area contributed by atoms with Crippen molar-refractivity contribution in [1.29, 1.82) is 0 Å². The van der Waals surface area contributed by atoms with Gasteiger partial charge in [-0.1, -0.05) is 0 Å². The lowest BCUT2D eigenvalue weighted by Crippen LogP contribution is -2.48. The quantitative estimate of drug-likeness (QED) is 0.726. The van der Waals surface area contributed by atoms with E-state index in [0.29, 0.717) is 5.56 Å². The zero-order valence-corrected chi connectivity index (χ0v) is 10.2. The van der Waals surface area contributed by atoms with Crippen LogP contribution >= 0.6 is 0 Å². The lowest BCUT2D eigenvalue weighted by Gasteiger charge is -2.33. The standard InChI is InChI=1S/C12H19N3O/c1-12(2,15-6-4-5-7-15)11(16)10-8-13-14(3)9-10/h8-9H,4-7H2,1-3H3. The Hall–Kier alpha value is -1.16. The van der Waals surface area contributed by atoms with Crippen LogP contribution in [0.3, 0.4) is 0 Å². The van der Waals surface area contributed by atoms with E-state index in [2.05, 4.69) is 10.00 Å². The van der Waals surface area contributed by atoms with Crippen molar-refractivity contribution in [2.45, 2.75) is 32.2 Å². The van der Waals surface area contributed by atoms with Gasteiger partial charge in [0.25, 0.3) is 0 Å². The first-order chi connectivity index (χ1) is 7.51. The van der Waals surface area contributed by atoms with Gasteiger partial charge in [0.05, 0.1) is 17.3 Å². The average Bonchev–Trinajstić information content (AvgIpc) is 2.86. The van der Waals surface area contributed by atoms with Crippen LogP contribution in [0, 0.1) is 0 Å². The molecule has 1 saturated heterocycles. The molecule has 0 amide bonds. The van der Waals surface area contributed by atoms with E-state index in [-0.39, 0.29) is 5.78 Å². The first-order valence-electron chi connectivity index (χ1n) is 5.80. The minimum absolute atomic E-state index is 0.169. The van der Waals surface area contributed by atoms with E-state index < -0.39 is 5.54 Å². The normalized spacial score (nSPS) is 17.9. The van der Waals surface area contributed by atoms with Crippen LogP contribution in [0.4, 0.5) is 0 Å². The molecule has 1 aromatic heterocycles. The van der Waals surface area contributed by atoms with Gasteiger partial charge in [0, 0.05) is 13.2 Å². The Bertz CT molecular complexity index is 389. The largest absolute Gasteiger partial charge is 0.292 e. The fourth-order valence-electron chi connectivity index (χ4n) is 2.31. The Kier molecular flexibility index (Phi) is 2.84. The summed E-state index contributed by atoms with van der Waals surface area (Å²) in [6.07, 6.45) is 5.84. The molecule has 0 saturated carbocycles. The van der Waals surface area contributed by atoms with Gasteiger partial charge in [0.15, 0.2) is 5.78 Å². The predicted octanol–water partition coefficient (Wildman–Crippen LogP) is 1.48. The van der Waals surface area contributed by atoms with E-state index in [9.17, 15) is 4.79 Å². The summed E-state index contributed by atoms with van der Waals surface area (Å²) in [5.74, 6) is 0.169. The lowest BCUT2D eigenvalue weighted by atomic mass is 9.93. The Morgan fingerprint density at radius 3 is 2.50 bits per heavy atom. The molecule has 2 heterocycles. The number of aryl methyl sites for hydroxylation is 1. The number of aromatic nitrogens is 2.